The first kappa shape index (κ1) is 20.8. The molecule has 27 heavy (non-hydrogen) atoms. The highest BCUT2D eigenvalue weighted by molar-refractivity contribution is 7.99. The van der Waals surface area contributed by atoms with Gasteiger partial charge >= 0.3 is 0 Å². The van der Waals surface area contributed by atoms with Crippen LogP contribution in [0.3, 0.4) is 0 Å². The Kier molecular flexibility index (Phi) is 7.31. The average Bonchev–Trinajstić information content (AvgIpc) is 3.17. The molecule has 0 aliphatic heterocycles. The number of carbonyl (C=O) groups is 1. The fourth-order valence-corrected chi connectivity index (χ4v) is 6.28. The maximum absolute atomic E-state index is 13.4. The zero-order valence-electron chi connectivity index (χ0n) is 14.6. The number of benzene rings is 1. The molecule has 0 spiro atoms. The number of hydrogen-bond acceptors (Lipinski definition) is 4. The first-order valence-corrected chi connectivity index (χ1v) is 11.1. The van der Waals surface area contributed by atoms with Gasteiger partial charge in [-0.2, -0.15) is 0 Å². The minimum Gasteiger partial charge on any atom is -0.393 e. The second-order valence-corrected chi connectivity index (χ2v) is 9.73. The van der Waals surface area contributed by atoms with Crippen molar-refractivity contribution in [1.29, 1.82) is 0 Å². The third-order valence-corrected chi connectivity index (χ3v) is 7.71. The Hall–Kier alpha value is -0.950. The van der Waals surface area contributed by atoms with Crippen LogP contribution in [0.5, 0.6) is 0 Å². The number of aliphatic hydroxyl groups excluding tert-OH is 1. The lowest BCUT2D eigenvalue weighted by atomic mass is 9.91. The highest BCUT2D eigenvalue weighted by Gasteiger charge is 2.40. The van der Waals surface area contributed by atoms with Crippen molar-refractivity contribution in [3.05, 3.63) is 51.7 Å². The molecule has 1 aliphatic rings. The summed E-state index contributed by atoms with van der Waals surface area (Å²) < 4.78 is 26.7. The highest BCUT2D eigenvalue weighted by atomic mass is 35.5. The van der Waals surface area contributed by atoms with Crippen LogP contribution in [0.1, 0.15) is 33.8 Å². The van der Waals surface area contributed by atoms with Crippen LogP contribution < -0.4 is 0 Å². The molecule has 1 fully saturated rings. The molecule has 1 aromatic carbocycles. The predicted molar refractivity (Wildman–Crippen MR) is 107 cm³/mol. The van der Waals surface area contributed by atoms with Crippen molar-refractivity contribution in [3.63, 3.8) is 0 Å². The number of aliphatic hydroxyl groups is 1. The van der Waals surface area contributed by atoms with Gasteiger partial charge in [-0.3, -0.25) is 4.79 Å². The molecule has 1 N–H and O–H groups in total. The van der Waals surface area contributed by atoms with E-state index in [1.54, 1.807) is 0 Å². The van der Waals surface area contributed by atoms with Gasteiger partial charge in [0.25, 0.3) is 0 Å². The Labute approximate surface area is 170 Å². The molecular weight excluding hydrogens is 410 g/mol. The van der Waals surface area contributed by atoms with Crippen LogP contribution in [0.4, 0.5) is 8.78 Å². The smallest absolute Gasteiger partial charge is 0.160 e. The number of alkyl halides is 1. The van der Waals surface area contributed by atoms with Gasteiger partial charge in [0.05, 0.1) is 11.0 Å². The van der Waals surface area contributed by atoms with Crippen LogP contribution in [-0.4, -0.2) is 28.6 Å². The molecule has 4 atom stereocenters. The number of thiophene rings is 1. The lowest BCUT2D eigenvalue weighted by molar-refractivity contribution is 0.112. The van der Waals surface area contributed by atoms with Crippen LogP contribution in [0.25, 0.3) is 0 Å². The zero-order chi connectivity index (χ0) is 19.4. The van der Waals surface area contributed by atoms with Crippen LogP contribution in [0.15, 0.2) is 35.2 Å². The normalized spacial score (nSPS) is 25.0. The molecule has 0 radical (unpaired) electrons. The number of hydrogen-bond donors (Lipinski definition) is 1. The van der Waals surface area contributed by atoms with Crippen LogP contribution in [0, 0.1) is 23.5 Å². The Balaban J connectivity index is 1.56. The van der Waals surface area contributed by atoms with E-state index in [0.29, 0.717) is 17.1 Å². The fourth-order valence-electron chi connectivity index (χ4n) is 3.67. The van der Waals surface area contributed by atoms with Crippen molar-refractivity contribution < 1.29 is 18.7 Å². The van der Waals surface area contributed by atoms with Gasteiger partial charge in [0.15, 0.2) is 6.29 Å². The Morgan fingerprint density at radius 3 is 2.63 bits per heavy atom. The van der Waals surface area contributed by atoms with Crippen molar-refractivity contribution in [2.45, 2.75) is 42.1 Å². The SMILES string of the molecule is O=Cc1ccc(CCC[C@@H]2[C@@H](CSc3cc(F)cc(F)c3)[C@H](O)C[C@H]2Cl)s1. The summed E-state index contributed by atoms with van der Waals surface area (Å²) >= 11 is 9.33. The van der Waals surface area contributed by atoms with Crippen molar-refractivity contribution in [1.82, 2.24) is 0 Å². The summed E-state index contributed by atoms with van der Waals surface area (Å²) in [4.78, 5) is 13.2. The van der Waals surface area contributed by atoms with Gasteiger partial charge < -0.3 is 5.11 Å². The van der Waals surface area contributed by atoms with Crippen molar-refractivity contribution in [2.24, 2.45) is 11.8 Å². The topological polar surface area (TPSA) is 37.3 Å². The van der Waals surface area contributed by atoms with Gasteiger partial charge in [0, 0.05) is 27.0 Å². The molecule has 0 saturated heterocycles. The molecule has 146 valence electrons. The van der Waals surface area contributed by atoms with E-state index in [-0.39, 0.29) is 17.2 Å². The van der Waals surface area contributed by atoms with E-state index in [2.05, 4.69) is 0 Å². The number of aryl methyl sites for hydroxylation is 1. The third-order valence-electron chi connectivity index (χ3n) is 5.01. The second kappa shape index (κ2) is 9.50. The van der Waals surface area contributed by atoms with Crippen LogP contribution in [0.2, 0.25) is 0 Å². The summed E-state index contributed by atoms with van der Waals surface area (Å²) in [6.45, 7) is 0. The Bertz CT molecular complexity index is 763. The average molecular weight is 431 g/mol. The molecule has 0 amide bonds. The first-order valence-electron chi connectivity index (χ1n) is 8.91. The first-order chi connectivity index (χ1) is 13.0. The maximum atomic E-state index is 13.4. The molecule has 2 nitrogen and oxygen atoms in total. The largest absolute Gasteiger partial charge is 0.393 e. The van der Waals surface area contributed by atoms with E-state index in [9.17, 15) is 18.7 Å². The summed E-state index contributed by atoms with van der Waals surface area (Å²) in [6, 6.07) is 7.27. The van der Waals surface area contributed by atoms with Crippen molar-refractivity contribution in [2.75, 3.05) is 5.75 Å². The molecule has 1 saturated carbocycles. The van der Waals surface area contributed by atoms with Gasteiger partial charge in [0.2, 0.25) is 0 Å². The highest BCUT2D eigenvalue weighted by Crippen LogP contribution is 2.42. The van der Waals surface area contributed by atoms with Gasteiger partial charge in [-0.05, 0) is 61.8 Å². The molecule has 0 unspecified atom stereocenters. The lowest BCUT2D eigenvalue weighted by Gasteiger charge is -2.23. The monoisotopic (exact) mass is 430 g/mol. The second-order valence-electron chi connectivity index (χ2n) is 6.88. The summed E-state index contributed by atoms with van der Waals surface area (Å²) in [5, 5.41) is 10.3. The summed E-state index contributed by atoms with van der Waals surface area (Å²) in [7, 11) is 0. The number of carbonyl (C=O) groups excluding carboxylic acids is 1. The molecule has 1 aromatic heterocycles. The predicted octanol–water partition coefficient (Wildman–Crippen LogP) is 5.56. The quantitative estimate of drug-likeness (QED) is 0.338. The number of rotatable bonds is 8. The third kappa shape index (κ3) is 5.53. The number of thioether (sulfide) groups is 1. The molecule has 1 heterocycles. The lowest BCUT2D eigenvalue weighted by Crippen LogP contribution is -2.23. The van der Waals surface area contributed by atoms with E-state index in [4.69, 9.17) is 11.6 Å². The molecular formula is C20H21ClF2O2S2. The standard InChI is InChI=1S/C20H21ClF2O2S2/c21-19-9-20(25)18(11-26-16-7-12(22)6-13(23)8-16)17(19)3-1-2-14-4-5-15(10-24)27-14/h4-8,10,17-20,25H,1-3,9,11H2/t17-,18-,19-,20-/m1/s1. The molecule has 0 bridgehead atoms. The summed E-state index contributed by atoms with van der Waals surface area (Å²) in [5.74, 6) is -0.453. The zero-order valence-corrected chi connectivity index (χ0v) is 17.0. The van der Waals surface area contributed by atoms with Gasteiger partial charge in [0.1, 0.15) is 11.6 Å². The summed E-state index contributed by atoms with van der Waals surface area (Å²) in [6.07, 6.45) is 3.59. The van der Waals surface area contributed by atoms with E-state index in [1.807, 2.05) is 12.1 Å². The Morgan fingerprint density at radius 1 is 1.22 bits per heavy atom. The van der Waals surface area contributed by atoms with E-state index in [0.717, 1.165) is 36.5 Å². The van der Waals surface area contributed by atoms with Gasteiger partial charge in [-0.25, -0.2) is 8.78 Å². The molecule has 2 aromatic rings. The van der Waals surface area contributed by atoms with E-state index in [1.165, 1.54) is 40.1 Å². The Morgan fingerprint density at radius 2 is 1.96 bits per heavy atom. The van der Waals surface area contributed by atoms with Crippen molar-refractivity contribution in [3.8, 4) is 0 Å². The maximum Gasteiger partial charge on any atom is 0.160 e. The number of aldehydes is 1. The summed E-state index contributed by atoms with van der Waals surface area (Å²) in [5.41, 5.74) is 0. The van der Waals surface area contributed by atoms with E-state index >= 15 is 0 Å². The van der Waals surface area contributed by atoms with Crippen LogP contribution >= 0.6 is 34.7 Å². The minimum atomic E-state index is -0.595. The van der Waals surface area contributed by atoms with E-state index < -0.39 is 17.7 Å². The van der Waals surface area contributed by atoms with Crippen LogP contribution in [-0.2, 0) is 6.42 Å². The minimum absolute atomic E-state index is 0.00213. The van der Waals surface area contributed by atoms with Crippen molar-refractivity contribution >= 4 is 41.0 Å². The fraction of sp³-hybridized carbons (Fsp3) is 0.450. The van der Waals surface area contributed by atoms with Gasteiger partial charge in [-0.15, -0.1) is 34.7 Å². The number of halogens is 3. The molecule has 3 rings (SSSR count). The van der Waals surface area contributed by atoms with Gasteiger partial charge in [-0.1, -0.05) is 0 Å². The molecule has 7 heteroatoms. The molecule has 1 aliphatic carbocycles.